The molecular weight excluding hydrogens is 472 g/mol. The van der Waals surface area contributed by atoms with E-state index in [1.807, 2.05) is 0 Å². The molecule has 1 aromatic heterocycles. The van der Waals surface area contributed by atoms with E-state index in [1.165, 1.54) is 74.0 Å². The Labute approximate surface area is 234 Å². The molecule has 0 fully saturated rings. The van der Waals surface area contributed by atoms with E-state index in [4.69, 9.17) is 0 Å². The second-order valence-electron chi connectivity index (χ2n) is 12.3. The third kappa shape index (κ3) is 3.91. The molecule has 200 valence electrons. The largest absolute Gasteiger partial charge is 0.344 e. The van der Waals surface area contributed by atoms with Gasteiger partial charge in [0.2, 0.25) is 0 Å². The second-order valence-corrected chi connectivity index (χ2v) is 12.3. The maximum Gasteiger partial charge on any atom is 0.0523 e. The summed E-state index contributed by atoms with van der Waals surface area (Å²) in [5, 5.41) is 2.75. The lowest BCUT2D eigenvalue weighted by atomic mass is 9.73. The van der Waals surface area contributed by atoms with Crippen LogP contribution in [0, 0.1) is 0 Å². The lowest BCUT2D eigenvalue weighted by molar-refractivity contribution is 0.633. The van der Waals surface area contributed by atoms with Crippen molar-refractivity contribution in [2.75, 3.05) is 4.90 Å². The first-order valence-electron chi connectivity index (χ1n) is 14.8. The van der Waals surface area contributed by atoms with Gasteiger partial charge in [0.25, 0.3) is 0 Å². The quantitative estimate of drug-likeness (QED) is 0.219. The van der Waals surface area contributed by atoms with Crippen LogP contribution < -0.4 is 4.90 Å². The van der Waals surface area contributed by atoms with Gasteiger partial charge in [0, 0.05) is 34.4 Å². The zero-order valence-electron chi connectivity index (χ0n) is 24.7. The summed E-state index contributed by atoms with van der Waals surface area (Å²) in [5.41, 5.74) is 12.1. The Morgan fingerprint density at radius 3 is 2.05 bits per heavy atom. The van der Waals surface area contributed by atoms with Crippen molar-refractivity contribution in [3.63, 3.8) is 0 Å². The first-order chi connectivity index (χ1) is 18.8. The lowest BCUT2D eigenvalue weighted by Crippen LogP contribution is -2.30. The van der Waals surface area contributed by atoms with Crippen molar-refractivity contribution in [1.82, 2.24) is 4.57 Å². The zero-order valence-corrected chi connectivity index (χ0v) is 24.7. The fraction of sp³-hybridized carbons (Fsp3) is 0.351. The summed E-state index contributed by atoms with van der Waals surface area (Å²) in [6.07, 6.45) is 3.60. The van der Waals surface area contributed by atoms with Crippen LogP contribution in [0.3, 0.4) is 0 Å². The van der Waals surface area contributed by atoms with E-state index in [1.54, 1.807) is 0 Å². The summed E-state index contributed by atoms with van der Waals surface area (Å²) in [6, 6.07) is 29.8. The van der Waals surface area contributed by atoms with Gasteiger partial charge in [-0.2, -0.15) is 0 Å². The van der Waals surface area contributed by atoms with Crippen LogP contribution in [0.1, 0.15) is 94.9 Å². The predicted octanol–water partition coefficient (Wildman–Crippen LogP) is 10.9. The van der Waals surface area contributed by atoms with Crippen LogP contribution in [0.2, 0.25) is 0 Å². The van der Waals surface area contributed by atoms with E-state index in [9.17, 15) is 0 Å². The molecule has 0 bridgehead atoms. The number of aromatic nitrogens is 1. The molecule has 2 nitrogen and oxygen atoms in total. The Kier molecular flexibility index (Phi) is 6.33. The van der Waals surface area contributed by atoms with Crippen molar-refractivity contribution in [2.24, 2.45) is 7.05 Å². The van der Waals surface area contributed by atoms with Gasteiger partial charge < -0.3 is 9.47 Å². The number of rotatable bonds is 6. The van der Waals surface area contributed by atoms with E-state index in [-0.39, 0.29) is 5.41 Å². The average Bonchev–Trinajstić information content (AvgIpc) is 3.22. The highest BCUT2D eigenvalue weighted by Crippen LogP contribution is 2.53. The molecule has 0 spiro atoms. The fourth-order valence-electron chi connectivity index (χ4n) is 6.99. The smallest absolute Gasteiger partial charge is 0.0523 e. The van der Waals surface area contributed by atoms with Crippen molar-refractivity contribution in [2.45, 2.75) is 78.1 Å². The molecule has 0 N–H and O–H groups in total. The minimum absolute atomic E-state index is 0.108. The van der Waals surface area contributed by atoms with Crippen molar-refractivity contribution in [3.8, 4) is 0 Å². The molecule has 2 heteroatoms. The molecule has 0 radical (unpaired) electrons. The average molecular weight is 515 g/mol. The standard InChI is InChI=1S/C37H42N2/c1-8-15-25(4)28-22-34-29(20-27(28)24(3)9-2)30-21-32-36(23-35(30)38(34)7)39(26-16-11-10-12-17-26)33-19-14-13-18-31(33)37(32,5)6/h10-14,16-25H,8-9,15H2,1-7H3. The third-order valence-electron chi connectivity index (χ3n) is 9.47. The van der Waals surface area contributed by atoms with Gasteiger partial charge in [-0.15, -0.1) is 0 Å². The number of benzene rings is 4. The van der Waals surface area contributed by atoms with Crippen LogP contribution in [0.4, 0.5) is 17.1 Å². The molecule has 2 unspecified atom stereocenters. The van der Waals surface area contributed by atoms with Gasteiger partial charge >= 0.3 is 0 Å². The van der Waals surface area contributed by atoms with Crippen LogP contribution in [-0.2, 0) is 12.5 Å². The fourth-order valence-corrected chi connectivity index (χ4v) is 6.99. The highest BCUT2D eigenvalue weighted by atomic mass is 15.2. The van der Waals surface area contributed by atoms with Crippen molar-refractivity contribution >= 4 is 38.9 Å². The van der Waals surface area contributed by atoms with Crippen LogP contribution >= 0.6 is 0 Å². The maximum atomic E-state index is 2.54. The highest BCUT2D eigenvalue weighted by Gasteiger charge is 2.37. The van der Waals surface area contributed by atoms with E-state index in [0.717, 1.165) is 6.42 Å². The molecule has 4 aromatic carbocycles. The Balaban J connectivity index is 1.68. The van der Waals surface area contributed by atoms with Crippen LogP contribution in [0.15, 0.2) is 78.9 Å². The van der Waals surface area contributed by atoms with Crippen molar-refractivity contribution < 1.29 is 0 Å². The number of anilines is 3. The lowest BCUT2D eigenvalue weighted by Gasteiger charge is -2.42. The molecule has 39 heavy (non-hydrogen) atoms. The Morgan fingerprint density at radius 2 is 1.33 bits per heavy atom. The molecule has 5 aromatic rings. The normalized spacial score (nSPS) is 15.8. The summed E-state index contributed by atoms with van der Waals surface area (Å²) < 4.78 is 2.43. The van der Waals surface area contributed by atoms with Crippen LogP contribution in [-0.4, -0.2) is 4.57 Å². The molecule has 1 aliphatic heterocycles. The minimum atomic E-state index is -0.108. The summed E-state index contributed by atoms with van der Waals surface area (Å²) in [4.78, 5) is 2.46. The van der Waals surface area contributed by atoms with E-state index < -0.39 is 0 Å². The monoisotopic (exact) mass is 514 g/mol. The predicted molar refractivity (Wildman–Crippen MR) is 169 cm³/mol. The van der Waals surface area contributed by atoms with Gasteiger partial charge in [-0.1, -0.05) is 84.4 Å². The van der Waals surface area contributed by atoms with Crippen molar-refractivity contribution in [3.05, 3.63) is 101 Å². The minimum Gasteiger partial charge on any atom is -0.344 e. The van der Waals surface area contributed by atoms with Crippen LogP contribution in [0.25, 0.3) is 21.8 Å². The van der Waals surface area contributed by atoms with Gasteiger partial charge in [0.1, 0.15) is 0 Å². The summed E-state index contributed by atoms with van der Waals surface area (Å²) in [5.74, 6) is 1.12. The highest BCUT2D eigenvalue weighted by molar-refractivity contribution is 6.11. The molecule has 0 saturated carbocycles. The molecule has 0 amide bonds. The molecule has 1 aliphatic rings. The molecule has 2 atom stereocenters. The molecule has 6 rings (SSSR count). The Bertz CT molecular complexity index is 1670. The number of aryl methyl sites for hydroxylation is 1. The van der Waals surface area contributed by atoms with Gasteiger partial charge in [-0.05, 0) is 89.4 Å². The molecule has 2 heterocycles. The summed E-state index contributed by atoms with van der Waals surface area (Å²) in [7, 11) is 2.25. The van der Waals surface area contributed by atoms with Gasteiger partial charge in [-0.25, -0.2) is 0 Å². The summed E-state index contributed by atoms with van der Waals surface area (Å²) >= 11 is 0. The number of para-hydroxylation sites is 2. The topological polar surface area (TPSA) is 8.17 Å². The van der Waals surface area contributed by atoms with Gasteiger partial charge in [0.15, 0.2) is 0 Å². The maximum absolute atomic E-state index is 2.54. The van der Waals surface area contributed by atoms with Crippen molar-refractivity contribution in [1.29, 1.82) is 0 Å². The molecule has 0 aliphatic carbocycles. The van der Waals surface area contributed by atoms with E-state index >= 15 is 0 Å². The van der Waals surface area contributed by atoms with E-state index in [0.29, 0.717) is 11.8 Å². The number of hydrogen-bond acceptors (Lipinski definition) is 1. The molecular formula is C37H42N2. The zero-order chi connectivity index (χ0) is 27.5. The number of fused-ring (bicyclic) bond motifs is 5. The van der Waals surface area contributed by atoms with Gasteiger partial charge in [0.05, 0.1) is 16.9 Å². The SMILES string of the molecule is CCCC(C)c1cc2c(cc1C(C)CC)c1cc3c(cc1n2C)N(c1ccccc1)c1ccccc1C3(C)C. The van der Waals surface area contributed by atoms with Gasteiger partial charge in [-0.3, -0.25) is 0 Å². The molecule has 0 saturated heterocycles. The van der Waals surface area contributed by atoms with E-state index in [2.05, 4.69) is 137 Å². The van der Waals surface area contributed by atoms with Crippen LogP contribution in [0.5, 0.6) is 0 Å². The summed E-state index contributed by atoms with van der Waals surface area (Å²) in [6.45, 7) is 14.2. The number of nitrogens with zero attached hydrogens (tertiary/aromatic N) is 2. The Morgan fingerprint density at radius 1 is 0.692 bits per heavy atom. The first-order valence-corrected chi connectivity index (χ1v) is 14.8. The number of hydrogen-bond donors (Lipinski definition) is 0. The third-order valence-corrected chi connectivity index (χ3v) is 9.47. The first kappa shape index (κ1) is 25.7. The second kappa shape index (κ2) is 9.59. The Hall–Kier alpha value is -3.52.